The first-order chi connectivity index (χ1) is 9.06. The van der Waals surface area contributed by atoms with Crippen LogP contribution in [-0.2, 0) is 17.8 Å². The van der Waals surface area contributed by atoms with E-state index in [9.17, 15) is 9.59 Å². The van der Waals surface area contributed by atoms with E-state index in [1.54, 1.807) is 6.92 Å². The highest BCUT2D eigenvalue weighted by Crippen LogP contribution is 2.36. The molecule has 5 nitrogen and oxygen atoms in total. The molecule has 0 saturated carbocycles. The van der Waals surface area contributed by atoms with Gasteiger partial charge in [-0.15, -0.1) is 23.7 Å². The number of halogens is 1. The van der Waals surface area contributed by atoms with E-state index < -0.39 is 5.91 Å². The molecule has 2 heterocycles. The molecule has 0 saturated heterocycles. The summed E-state index contributed by atoms with van der Waals surface area (Å²) in [5, 5.41) is 3.41. The van der Waals surface area contributed by atoms with Crippen molar-refractivity contribution < 1.29 is 9.59 Å². The quantitative estimate of drug-likeness (QED) is 0.891. The number of hydrogen-bond donors (Lipinski definition) is 2. The van der Waals surface area contributed by atoms with Crippen LogP contribution in [0.15, 0.2) is 0 Å². The Hall–Kier alpha value is -1.11. The molecular formula is C13H20ClN3O2S. The van der Waals surface area contributed by atoms with Gasteiger partial charge in [-0.05, 0) is 18.5 Å². The normalized spacial score (nSPS) is 14.3. The number of carbonyl (C=O) groups excluding carboxylic acids is 2. The fraction of sp³-hybridized carbons (Fsp3) is 0.538. The van der Waals surface area contributed by atoms with Crippen molar-refractivity contribution in [3.63, 3.8) is 0 Å². The average molecular weight is 318 g/mol. The second-order valence-corrected chi connectivity index (χ2v) is 5.70. The summed E-state index contributed by atoms with van der Waals surface area (Å²) in [4.78, 5) is 26.6. The van der Waals surface area contributed by atoms with Gasteiger partial charge >= 0.3 is 0 Å². The van der Waals surface area contributed by atoms with Gasteiger partial charge in [-0.25, -0.2) is 0 Å². The van der Waals surface area contributed by atoms with Crippen LogP contribution in [0.3, 0.4) is 0 Å². The Bertz CT molecular complexity index is 516. The van der Waals surface area contributed by atoms with Gasteiger partial charge in [-0.3, -0.25) is 14.5 Å². The van der Waals surface area contributed by atoms with Crippen LogP contribution in [0.2, 0.25) is 0 Å². The van der Waals surface area contributed by atoms with Gasteiger partial charge in [0.2, 0.25) is 5.91 Å². The molecule has 0 atom stereocenters. The molecule has 0 unspecified atom stereocenters. The van der Waals surface area contributed by atoms with Crippen LogP contribution < -0.4 is 11.1 Å². The third kappa shape index (κ3) is 3.31. The fourth-order valence-corrected chi connectivity index (χ4v) is 3.60. The molecule has 0 fully saturated rings. The SMILES string of the molecule is CCC(=O)Nc1sc2c(c1C(N)=O)CCN(CC)C2.Cl. The Morgan fingerprint density at radius 3 is 2.65 bits per heavy atom. The lowest BCUT2D eigenvalue weighted by molar-refractivity contribution is -0.115. The Kier molecular flexibility index (Phi) is 5.98. The van der Waals surface area contributed by atoms with Crippen molar-refractivity contribution >= 4 is 40.6 Å². The summed E-state index contributed by atoms with van der Waals surface area (Å²) in [6, 6.07) is 0. The van der Waals surface area contributed by atoms with Gasteiger partial charge in [-0.1, -0.05) is 13.8 Å². The predicted octanol–water partition coefficient (Wildman–Crippen LogP) is 2.00. The molecule has 1 aromatic rings. The molecule has 3 N–H and O–H groups in total. The Labute approximate surface area is 128 Å². The standard InChI is InChI=1S/C13H19N3O2S.ClH/c1-3-10(17)15-13-11(12(14)18)8-5-6-16(4-2)7-9(8)19-13;/h3-7H2,1-2H3,(H2,14,18)(H,15,17);1H. The second kappa shape index (κ2) is 7.06. The molecule has 2 amide bonds. The summed E-state index contributed by atoms with van der Waals surface area (Å²) in [6.45, 7) is 6.65. The van der Waals surface area contributed by atoms with Crippen LogP contribution in [0.25, 0.3) is 0 Å². The summed E-state index contributed by atoms with van der Waals surface area (Å²) in [7, 11) is 0. The van der Waals surface area contributed by atoms with Crippen molar-refractivity contribution in [1.82, 2.24) is 4.90 Å². The van der Waals surface area contributed by atoms with E-state index >= 15 is 0 Å². The number of primary amides is 1. The molecule has 112 valence electrons. The summed E-state index contributed by atoms with van der Waals surface area (Å²) in [5.41, 5.74) is 7.00. The molecule has 0 aliphatic carbocycles. The molecule has 0 spiro atoms. The molecule has 1 aliphatic rings. The Morgan fingerprint density at radius 1 is 1.40 bits per heavy atom. The van der Waals surface area contributed by atoms with E-state index in [0.717, 1.165) is 36.5 Å². The van der Waals surface area contributed by atoms with Gasteiger partial charge in [-0.2, -0.15) is 0 Å². The highest BCUT2D eigenvalue weighted by atomic mass is 35.5. The lowest BCUT2D eigenvalue weighted by atomic mass is 10.0. The van der Waals surface area contributed by atoms with Crippen molar-refractivity contribution in [2.75, 3.05) is 18.4 Å². The third-order valence-electron chi connectivity index (χ3n) is 3.40. The zero-order valence-corrected chi connectivity index (χ0v) is 13.3. The number of anilines is 1. The number of nitrogens with two attached hydrogens (primary N) is 1. The molecule has 7 heteroatoms. The minimum absolute atomic E-state index is 0. The average Bonchev–Trinajstić information content (AvgIpc) is 2.74. The third-order valence-corrected chi connectivity index (χ3v) is 4.54. The van der Waals surface area contributed by atoms with Crippen molar-refractivity contribution in [2.45, 2.75) is 33.2 Å². The summed E-state index contributed by atoms with van der Waals surface area (Å²) < 4.78 is 0. The van der Waals surface area contributed by atoms with Crippen molar-refractivity contribution in [2.24, 2.45) is 5.73 Å². The Morgan fingerprint density at radius 2 is 2.10 bits per heavy atom. The number of carbonyl (C=O) groups is 2. The maximum atomic E-state index is 11.6. The maximum Gasteiger partial charge on any atom is 0.251 e. The molecule has 0 bridgehead atoms. The number of likely N-dealkylation sites (N-methyl/N-ethyl adjacent to an activating group) is 1. The maximum absolute atomic E-state index is 11.6. The van der Waals surface area contributed by atoms with E-state index in [1.165, 1.54) is 11.3 Å². The molecule has 2 rings (SSSR count). The molecule has 0 radical (unpaired) electrons. The molecule has 20 heavy (non-hydrogen) atoms. The van der Waals surface area contributed by atoms with E-state index in [-0.39, 0.29) is 18.3 Å². The first kappa shape index (κ1) is 16.9. The fourth-order valence-electron chi connectivity index (χ4n) is 2.29. The van der Waals surface area contributed by atoms with Crippen LogP contribution in [0, 0.1) is 0 Å². The van der Waals surface area contributed by atoms with E-state index in [4.69, 9.17) is 5.73 Å². The highest BCUT2D eigenvalue weighted by Gasteiger charge is 2.26. The van der Waals surface area contributed by atoms with Gasteiger partial charge < -0.3 is 11.1 Å². The smallest absolute Gasteiger partial charge is 0.251 e. The number of hydrogen-bond acceptors (Lipinski definition) is 4. The molecule has 1 aliphatic heterocycles. The Balaban J connectivity index is 0.00000200. The van der Waals surface area contributed by atoms with Crippen LogP contribution >= 0.6 is 23.7 Å². The summed E-state index contributed by atoms with van der Waals surface area (Å²) in [5.74, 6) is -0.540. The summed E-state index contributed by atoms with van der Waals surface area (Å²) >= 11 is 1.48. The number of thiophene rings is 1. The second-order valence-electron chi connectivity index (χ2n) is 4.59. The van der Waals surface area contributed by atoms with E-state index in [0.29, 0.717) is 17.0 Å². The number of nitrogens with one attached hydrogen (secondary N) is 1. The number of nitrogens with zero attached hydrogens (tertiary/aromatic N) is 1. The first-order valence-corrected chi connectivity index (χ1v) is 7.35. The topological polar surface area (TPSA) is 75.4 Å². The van der Waals surface area contributed by atoms with Crippen LogP contribution in [0.5, 0.6) is 0 Å². The number of fused-ring (bicyclic) bond motifs is 1. The number of amides is 2. The first-order valence-electron chi connectivity index (χ1n) is 6.53. The summed E-state index contributed by atoms with van der Waals surface area (Å²) in [6.07, 6.45) is 1.21. The molecular weight excluding hydrogens is 298 g/mol. The van der Waals surface area contributed by atoms with Gasteiger partial charge in [0, 0.05) is 24.4 Å². The zero-order chi connectivity index (χ0) is 14.0. The van der Waals surface area contributed by atoms with Gasteiger partial charge in [0.25, 0.3) is 5.91 Å². The monoisotopic (exact) mass is 317 g/mol. The van der Waals surface area contributed by atoms with Gasteiger partial charge in [0.15, 0.2) is 0 Å². The number of rotatable bonds is 4. The van der Waals surface area contributed by atoms with E-state index in [1.807, 2.05) is 0 Å². The van der Waals surface area contributed by atoms with Gasteiger partial charge in [0.1, 0.15) is 5.00 Å². The molecule has 0 aromatic carbocycles. The highest BCUT2D eigenvalue weighted by molar-refractivity contribution is 7.17. The molecule has 1 aromatic heterocycles. The minimum atomic E-state index is -0.450. The van der Waals surface area contributed by atoms with Crippen molar-refractivity contribution in [3.8, 4) is 0 Å². The largest absolute Gasteiger partial charge is 0.365 e. The van der Waals surface area contributed by atoms with E-state index in [2.05, 4.69) is 17.1 Å². The van der Waals surface area contributed by atoms with Crippen LogP contribution in [-0.4, -0.2) is 29.8 Å². The van der Waals surface area contributed by atoms with Crippen molar-refractivity contribution in [3.05, 3.63) is 16.0 Å². The van der Waals surface area contributed by atoms with Gasteiger partial charge in [0.05, 0.1) is 5.56 Å². The van der Waals surface area contributed by atoms with Crippen LogP contribution in [0.4, 0.5) is 5.00 Å². The zero-order valence-electron chi connectivity index (χ0n) is 11.7. The lowest BCUT2D eigenvalue weighted by Crippen LogP contribution is -2.30. The van der Waals surface area contributed by atoms with Crippen molar-refractivity contribution in [1.29, 1.82) is 0 Å². The predicted molar refractivity (Wildman–Crippen MR) is 83.7 cm³/mol. The van der Waals surface area contributed by atoms with Crippen LogP contribution in [0.1, 0.15) is 41.1 Å². The lowest BCUT2D eigenvalue weighted by Gasteiger charge is -2.25. The minimum Gasteiger partial charge on any atom is -0.365 e.